The Labute approximate surface area is 372 Å². The number of benzene rings is 9. The Hall–Kier alpha value is -7.82. The van der Waals surface area contributed by atoms with E-state index in [1.165, 1.54) is 44.5 Å². The second-order valence-corrected chi connectivity index (χ2v) is 18.5. The fourth-order valence-corrected chi connectivity index (χ4v) is 11.1. The SMILES string of the molecule is CC1(C)c2ccccc2-c2ccc(N(c3cccc(N(c4ccc5c(c4)C(C)(C)c4ccccc4-5)c4cccc5oc6ccccc6c45)c3)c3ccc4oc5ccccc5c4c3)cc21. The van der Waals surface area contributed by atoms with Gasteiger partial charge in [-0.3, -0.25) is 0 Å². The fourth-order valence-electron chi connectivity index (χ4n) is 11.1. The Morgan fingerprint density at radius 2 is 0.766 bits per heavy atom. The molecule has 2 aliphatic carbocycles. The Morgan fingerprint density at radius 3 is 1.45 bits per heavy atom. The molecule has 0 saturated heterocycles. The number of fused-ring (bicyclic) bond motifs is 12. The molecule has 0 fully saturated rings. The van der Waals surface area contributed by atoms with Crippen LogP contribution in [0.25, 0.3) is 66.1 Å². The maximum Gasteiger partial charge on any atom is 0.137 e. The summed E-state index contributed by atoms with van der Waals surface area (Å²) in [6.07, 6.45) is 0. The molecule has 0 amide bonds. The standard InChI is InChI=1S/C60H44N2O2/c1-59(2)49-21-9-5-17-42(49)44-30-27-40(35-51(44)59)61(39-29-32-56-48(34-39)46-19-7-11-24-54(46)63-56)37-15-13-16-38(33-37)62(53-23-14-26-57-58(53)47-20-8-12-25-55(47)64-57)41-28-31-45-43-18-6-10-22-50(43)60(3,4)52(45)36-41/h5-36H,1-4H3. The highest BCUT2D eigenvalue weighted by molar-refractivity contribution is 6.13. The van der Waals surface area contributed by atoms with E-state index in [-0.39, 0.29) is 10.8 Å². The van der Waals surface area contributed by atoms with Gasteiger partial charge in [-0.15, -0.1) is 0 Å². The Balaban J connectivity index is 1.04. The summed E-state index contributed by atoms with van der Waals surface area (Å²) in [5.41, 5.74) is 20.1. The Bertz CT molecular complexity index is 3710. The lowest BCUT2D eigenvalue weighted by molar-refractivity contribution is 0.660. The van der Waals surface area contributed by atoms with Crippen molar-refractivity contribution in [3.8, 4) is 22.3 Å². The minimum atomic E-state index is -0.169. The van der Waals surface area contributed by atoms with Crippen molar-refractivity contribution in [3.05, 3.63) is 216 Å². The van der Waals surface area contributed by atoms with Crippen LogP contribution in [0.3, 0.4) is 0 Å². The molecular formula is C60H44N2O2. The Kier molecular flexibility index (Phi) is 7.67. The summed E-state index contributed by atoms with van der Waals surface area (Å²) in [5.74, 6) is 0. The van der Waals surface area contributed by atoms with Crippen molar-refractivity contribution < 1.29 is 8.83 Å². The van der Waals surface area contributed by atoms with E-state index in [1.54, 1.807) is 0 Å². The third kappa shape index (κ3) is 5.23. The second kappa shape index (κ2) is 13.3. The number of hydrogen-bond acceptors (Lipinski definition) is 4. The molecule has 0 unspecified atom stereocenters. The summed E-state index contributed by atoms with van der Waals surface area (Å²) in [7, 11) is 0. The zero-order valence-corrected chi connectivity index (χ0v) is 36.2. The third-order valence-corrected chi connectivity index (χ3v) is 14.2. The number of furan rings is 2. The van der Waals surface area contributed by atoms with Crippen LogP contribution < -0.4 is 9.80 Å². The summed E-state index contributed by atoms with van der Waals surface area (Å²) in [4.78, 5) is 4.85. The third-order valence-electron chi connectivity index (χ3n) is 14.2. The molecule has 11 aromatic rings. The second-order valence-electron chi connectivity index (χ2n) is 18.5. The van der Waals surface area contributed by atoms with Crippen molar-refractivity contribution >= 4 is 78.0 Å². The van der Waals surface area contributed by atoms with Crippen LogP contribution in [-0.2, 0) is 10.8 Å². The number of rotatable bonds is 6. The van der Waals surface area contributed by atoms with Gasteiger partial charge in [-0.2, -0.15) is 0 Å². The summed E-state index contributed by atoms with van der Waals surface area (Å²) < 4.78 is 12.9. The van der Waals surface area contributed by atoms with Gasteiger partial charge in [0.05, 0.1) is 11.1 Å². The van der Waals surface area contributed by atoms with E-state index in [4.69, 9.17) is 8.83 Å². The summed E-state index contributed by atoms with van der Waals surface area (Å²) >= 11 is 0. The molecular weight excluding hydrogens is 781 g/mol. The molecule has 0 atom stereocenters. The molecule has 0 spiro atoms. The highest BCUT2D eigenvalue weighted by atomic mass is 16.3. The summed E-state index contributed by atoms with van der Waals surface area (Å²) in [5, 5.41) is 4.37. The predicted molar refractivity (Wildman–Crippen MR) is 265 cm³/mol. The molecule has 64 heavy (non-hydrogen) atoms. The molecule has 2 aliphatic rings. The predicted octanol–water partition coefficient (Wildman–Crippen LogP) is 17.0. The van der Waals surface area contributed by atoms with Gasteiger partial charge in [-0.05, 0) is 129 Å². The van der Waals surface area contributed by atoms with E-state index >= 15 is 0 Å². The lowest BCUT2D eigenvalue weighted by Gasteiger charge is -2.31. The number of hydrogen-bond donors (Lipinski definition) is 0. The molecule has 0 N–H and O–H groups in total. The first-order chi connectivity index (χ1) is 31.2. The maximum atomic E-state index is 6.54. The van der Waals surface area contributed by atoms with Crippen LogP contribution in [0.4, 0.5) is 34.1 Å². The quantitative estimate of drug-likeness (QED) is 0.167. The first-order valence-corrected chi connectivity index (χ1v) is 22.2. The van der Waals surface area contributed by atoms with E-state index in [0.717, 1.165) is 78.0 Å². The van der Waals surface area contributed by atoms with Crippen molar-refractivity contribution in [2.75, 3.05) is 9.80 Å². The molecule has 13 rings (SSSR count). The highest BCUT2D eigenvalue weighted by Crippen LogP contribution is 2.54. The van der Waals surface area contributed by atoms with Crippen molar-refractivity contribution in [1.29, 1.82) is 0 Å². The van der Waals surface area contributed by atoms with E-state index in [2.05, 4.69) is 213 Å². The van der Waals surface area contributed by atoms with Gasteiger partial charge in [0.25, 0.3) is 0 Å². The van der Waals surface area contributed by atoms with Crippen LogP contribution in [0.2, 0.25) is 0 Å². The largest absolute Gasteiger partial charge is 0.456 e. The minimum Gasteiger partial charge on any atom is -0.456 e. The molecule has 0 radical (unpaired) electrons. The van der Waals surface area contributed by atoms with Gasteiger partial charge in [-0.1, -0.05) is 137 Å². The lowest BCUT2D eigenvalue weighted by Crippen LogP contribution is -2.17. The molecule has 0 bridgehead atoms. The zero-order valence-electron chi connectivity index (χ0n) is 36.2. The van der Waals surface area contributed by atoms with E-state index in [9.17, 15) is 0 Å². The molecule has 2 aromatic heterocycles. The zero-order chi connectivity index (χ0) is 42.9. The Morgan fingerprint density at radius 1 is 0.312 bits per heavy atom. The van der Waals surface area contributed by atoms with Crippen LogP contribution in [0.1, 0.15) is 49.9 Å². The monoisotopic (exact) mass is 824 g/mol. The molecule has 4 heteroatoms. The first kappa shape index (κ1) is 36.8. The summed E-state index contributed by atoms with van der Waals surface area (Å²) in [6, 6.07) is 70.5. The van der Waals surface area contributed by atoms with Crippen LogP contribution in [-0.4, -0.2) is 0 Å². The number of para-hydroxylation sites is 2. The van der Waals surface area contributed by atoms with Gasteiger partial charge in [0.2, 0.25) is 0 Å². The van der Waals surface area contributed by atoms with Gasteiger partial charge >= 0.3 is 0 Å². The first-order valence-electron chi connectivity index (χ1n) is 22.2. The van der Waals surface area contributed by atoms with Gasteiger partial charge in [-0.25, -0.2) is 0 Å². The average Bonchev–Trinajstić information content (AvgIpc) is 4.02. The fraction of sp³-hybridized carbons (Fsp3) is 0.100. The van der Waals surface area contributed by atoms with E-state index < -0.39 is 0 Å². The van der Waals surface area contributed by atoms with Gasteiger partial charge in [0.1, 0.15) is 22.3 Å². The van der Waals surface area contributed by atoms with Crippen LogP contribution in [0.15, 0.2) is 203 Å². The van der Waals surface area contributed by atoms with Crippen LogP contribution in [0.5, 0.6) is 0 Å². The van der Waals surface area contributed by atoms with Gasteiger partial charge < -0.3 is 18.6 Å². The molecule has 306 valence electrons. The number of anilines is 6. The highest BCUT2D eigenvalue weighted by Gasteiger charge is 2.37. The normalized spacial score (nSPS) is 14.2. The smallest absolute Gasteiger partial charge is 0.137 e. The molecule has 9 aromatic carbocycles. The minimum absolute atomic E-state index is 0.163. The van der Waals surface area contributed by atoms with Crippen LogP contribution in [0, 0.1) is 0 Å². The molecule has 0 aliphatic heterocycles. The molecule has 4 nitrogen and oxygen atoms in total. The topological polar surface area (TPSA) is 32.8 Å². The van der Waals surface area contributed by atoms with Gasteiger partial charge in [0.15, 0.2) is 0 Å². The maximum absolute atomic E-state index is 6.54. The van der Waals surface area contributed by atoms with Crippen molar-refractivity contribution in [3.63, 3.8) is 0 Å². The van der Waals surface area contributed by atoms with Crippen molar-refractivity contribution in [2.45, 2.75) is 38.5 Å². The van der Waals surface area contributed by atoms with E-state index in [1.807, 2.05) is 18.2 Å². The van der Waals surface area contributed by atoms with Crippen molar-refractivity contribution in [2.24, 2.45) is 0 Å². The van der Waals surface area contributed by atoms with Crippen molar-refractivity contribution in [1.82, 2.24) is 0 Å². The average molecular weight is 825 g/mol. The molecule has 2 heterocycles. The van der Waals surface area contributed by atoms with Crippen LogP contribution >= 0.6 is 0 Å². The van der Waals surface area contributed by atoms with E-state index in [0.29, 0.717) is 0 Å². The lowest BCUT2D eigenvalue weighted by atomic mass is 9.82. The van der Waals surface area contributed by atoms with Gasteiger partial charge in [0, 0.05) is 55.4 Å². The molecule has 0 saturated carbocycles. The number of nitrogens with zero attached hydrogens (tertiary/aromatic N) is 2. The summed E-state index contributed by atoms with van der Waals surface area (Å²) in [6.45, 7) is 9.41.